The van der Waals surface area contributed by atoms with Crippen molar-refractivity contribution in [2.45, 2.75) is 4.90 Å². The molecule has 0 aliphatic carbocycles. The fraction of sp³-hybridized carbons (Fsp3) is 0.200. The standard InChI is InChI=1S/C15H17BO4S/c1-19-13-5-7-15(8-6-13)21-10-9-20-14-4-2-3-12(11-14)16(17)18/h2-8,11,17-18H,9-10H2,1H3. The highest BCUT2D eigenvalue weighted by atomic mass is 32.2. The molecule has 4 nitrogen and oxygen atoms in total. The van der Waals surface area contributed by atoms with Crippen molar-refractivity contribution < 1.29 is 19.5 Å². The average molecular weight is 304 g/mol. The van der Waals surface area contributed by atoms with E-state index in [2.05, 4.69) is 0 Å². The molecule has 0 radical (unpaired) electrons. The van der Waals surface area contributed by atoms with Gasteiger partial charge in [-0.25, -0.2) is 0 Å². The number of hydrogen-bond donors (Lipinski definition) is 2. The van der Waals surface area contributed by atoms with Crippen molar-refractivity contribution in [1.82, 2.24) is 0 Å². The van der Waals surface area contributed by atoms with Crippen LogP contribution in [0.5, 0.6) is 11.5 Å². The lowest BCUT2D eigenvalue weighted by Crippen LogP contribution is -2.29. The summed E-state index contributed by atoms with van der Waals surface area (Å²) < 4.78 is 10.7. The van der Waals surface area contributed by atoms with Crippen LogP contribution in [0, 0.1) is 0 Å². The first-order valence-corrected chi connectivity index (χ1v) is 7.53. The molecule has 21 heavy (non-hydrogen) atoms. The quantitative estimate of drug-likeness (QED) is 0.462. The highest BCUT2D eigenvalue weighted by Gasteiger charge is 2.10. The van der Waals surface area contributed by atoms with E-state index in [1.54, 1.807) is 43.1 Å². The summed E-state index contributed by atoms with van der Waals surface area (Å²) >= 11 is 1.69. The molecular weight excluding hydrogens is 287 g/mol. The van der Waals surface area contributed by atoms with E-state index >= 15 is 0 Å². The first-order valence-electron chi connectivity index (χ1n) is 6.55. The Balaban J connectivity index is 1.77. The molecule has 0 amide bonds. The Morgan fingerprint density at radius 1 is 1.05 bits per heavy atom. The molecule has 6 heteroatoms. The summed E-state index contributed by atoms with van der Waals surface area (Å²) in [5.74, 6) is 2.28. The molecule has 0 heterocycles. The van der Waals surface area contributed by atoms with Gasteiger partial charge in [-0.2, -0.15) is 0 Å². The second-order valence-corrected chi connectivity index (χ2v) is 5.49. The smallest absolute Gasteiger partial charge is 0.488 e. The lowest BCUT2D eigenvalue weighted by molar-refractivity contribution is 0.344. The summed E-state index contributed by atoms with van der Waals surface area (Å²) in [6.07, 6.45) is 0. The zero-order valence-corrected chi connectivity index (χ0v) is 12.5. The summed E-state index contributed by atoms with van der Waals surface area (Å²) in [7, 11) is 0.176. The molecule has 0 aliphatic rings. The highest BCUT2D eigenvalue weighted by molar-refractivity contribution is 7.99. The fourth-order valence-corrected chi connectivity index (χ4v) is 2.49. The summed E-state index contributed by atoms with van der Waals surface area (Å²) in [5, 5.41) is 18.2. The molecule has 2 aromatic carbocycles. The lowest BCUT2D eigenvalue weighted by atomic mass is 9.80. The van der Waals surface area contributed by atoms with Crippen LogP contribution in [0.3, 0.4) is 0 Å². The van der Waals surface area contributed by atoms with Gasteiger partial charge >= 0.3 is 7.12 Å². The van der Waals surface area contributed by atoms with E-state index in [0.29, 0.717) is 17.8 Å². The Labute approximate surface area is 128 Å². The van der Waals surface area contributed by atoms with E-state index < -0.39 is 7.12 Å². The number of rotatable bonds is 7. The van der Waals surface area contributed by atoms with E-state index in [1.165, 1.54) is 0 Å². The zero-order chi connectivity index (χ0) is 15.1. The maximum atomic E-state index is 9.10. The van der Waals surface area contributed by atoms with Gasteiger partial charge in [0, 0.05) is 10.6 Å². The van der Waals surface area contributed by atoms with E-state index in [9.17, 15) is 0 Å². The van der Waals surface area contributed by atoms with Crippen molar-refractivity contribution in [2.75, 3.05) is 19.5 Å². The first-order chi connectivity index (χ1) is 10.2. The van der Waals surface area contributed by atoms with Crippen LogP contribution >= 0.6 is 11.8 Å². The molecule has 2 rings (SSSR count). The van der Waals surface area contributed by atoms with Crippen LogP contribution in [0.4, 0.5) is 0 Å². The number of benzene rings is 2. The van der Waals surface area contributed by atoms with Crippen LogP contribution in [0.15, 0.2) is 53.4 Å². The molecule has 0 aromatic heterocycles. The molecule has 2 aromatic rings. The fourth-order valence-electron chi connectivity index (χ4n) is 1.76. The van der Waals surface area contributed by atoms with Gasteiger partial charge in [0.05, 0.1) is 13.7 Å². The summed E-state index contributed by atoms with van der Waals surface area (Å²) in [6.45, 7) is 0.543. The minimum absolute atomic E-state index is 0.426. The first kappa shape index (κ1) is 15.8. The van der Waals surface area contributed by atoms with E-state index in [0.717, 1.165) is 16.4 Å². The zero-order valence-electron chi connectivity index (χ0n) is 11.7. The van der Waals surface area contributed by atoms with E-state index in [1.807, 2.05) is 24.3 Å². The molecule has 2 N–H and O–H groups in total. The molecule has 0 spiro atoms. The van der Waals surface area contributed by atoms with Gasteiger partial charge in [-0.05, 0) is 41.9 Å². The summed E-state index contributed by atoms with van der Waals surface area (Å²) in [6, 6.07) is 14.7. The number of ether oxygens (including phenoxy) is 2. The van der Waals surface area contributed by atoms with Gasteiger partial charge in [-0.1, -0.05) is 12.1 Å². The van der Waals surface area contributed by atoms with Crippen molar-refractivity contribution in [2.24, 2.45) is 0 Å². The molecular formula is C15H17BO4S. The van der Waals surface area contributed by atoms with Crippen molar-refractivity contribution in [3.05, 3.63) is 48.5 Å². The number of hydrogen-bond acceptors (Lipinski definition) is 5. The van der Waals surface area contributed by atoms with Crippen LogP contribution in [0.2, 0.25) is 0 Å². The van der Waals surface area contributed by atoms with Crippen LogP contribution in [-0.4, -0.2) is 36.6 Å². The van der Waals surface area contributed by atoms with Crippen LogP contribution in [0.1, 0.15) is 0 Å². The van der Waals surface area contributed by atoms with Gasteiger partial charge < -0.3 is 19.5 Å². The third-order valence-corrected chi connectivity index (χ3v) is 3.81. The second kappa shape index (κ2) is 7.97. The van der Waals surface area contributed by atoms with Crippen molar-refractivity contribution in [3.8, 4) is 11.5 Å². The van der Waals surface area contributed by atoms with E-state index in [-0.39, 0.29) is 0 Å². The predicted molar refractivity (Wildman–Crippen MR) is 85.5 cm³/mol. The Kier molecular flexibility index (Phi) is 5.98. The third kappa shape index (κ3) is 5.01. The van der Waals surface area contributed by atoms with E-state index in [4.69, 9.17) is 19.5 Å². The van der Waals surface area contributed by atoms with Crippen LogP contribution < -0.4 is 14.9 Å². The molecule has 110 valence electrons. The van der Waals surface area contributed by atoms with Gasteiger partial charge in [0.2, 0.25) is 0 Å². The highest BCUT2D eigenvalue weighted by Crippen LogP contribution is 2.21. The molecule has 0 aliphatic heterocycles. The maximum absolute atomic E-state index is 9.10. The SMILES string of the molecule is COc1ccc(SCCOc2cccc(B(O)O)c2)cc1. The monoisotopic (exact) mass is 304 g/mol. The maximum Gasteiger partial charge on any atom is 0.488 e. The number of thioether (sulfide) groups is 1. The van der Waals surface area contributed by atoms with Crippen LogP contribution in [0.25, 0.3) is 0 Å². The molecule has 0 unspecified atom stereocenters. The molecule has 0 atom stereocenters. The molecule has 0 saturated carbocycles. The van der Waals surface area contributed by atoms with Crippen LogP contribution in [-0.2, 0) is 0 Å². The third-order valence-electron chi connectivity index (χ3n) is 2.84. The van der Waals surface area contributed by atoms with Crippen molar-refractivity contribution in [1.29, 1.82) is 0 Å². The van der Waals surface area contributed by atoms with Crippen molar-refractivity contribution in [3.63, 3.8) is 0 Å². The van der Waals surface area contributed by atoms with Gasteiger partial charge in [-0.15, -0.1) is 11.8 Å². The Morgan fingerprint density at radius 2 is 1.81 bits per heavy atom. The lowest BCUT2D eigenvalue weighted by Gasteiger charge is -2.08. The molecule has 0 bridgehead atoms. The second-order valence-electron chi connectivity index (χ2n) is 4.32. The number of methoxy groups -OCH3 is 1. The Morgan fingerprint density at radius 3 is 2.48 bits per heavy atom. The van der Waals surface area contributed by atoms with Gasteiger partial charge in [-0.3, -0.25) is 0 Å². The Hall–Kier alpha value is -1.63. The van der Waals surface area contributed by atoms with Gasteiger partial charge in [0.1, 0.15) is 11.5 Å². The minimum atomic E-state index is -1.47. The summed E-state index contributed by atoms with van der Waals surface area (Å²) in [5.41, 5.74) is 0.426. The predicted octanol–water partition coefficient (Wildman–Crippen LogP) is 1.55. The summed E-state index contributed by atoms with van der Waals surface area (Å²) in [4.78, 5) is 1.15. The largest absolute Gasteiger partial charge is 0.497 e. The molecule has 0 saturated heterocycles. The topological polar surface area (TPSA) is 58.9 Å². The normalized spacial score (nSPS) is 10.2. The van der Waals surface area contributed by atoms with Gasteiger partial charge in [0.25, 0.3) is 0 Å². The Bertz CT molecular complexity index is 560. The average Bonchev–Trinajstić information content (AvgIpc) is 2.52. The minimum Gasteiger partial charge on any atom is -0.497 e. The van der Waals surface area contributed by atoms with Gasteiger partial charge in [0.15, 0.2) is 0 Å². The van der Waals surface area contributed by atoms with Crippen molar-refractivity contribution >= 4 is 24.3 Å². The molecule has 0 fully saturated rings.